The molecule has 2 aromatic carbocycles. The Balaban J connectivity index is 1.71. The summed E-state index contributed by atoms with van der Waals surface area (Å²) in [6, 6.07) is 14.9. The number of aromatic carboxylic acids is 1. The van der Waals surface area contributed by atoms with Gasteiger partial charge in [0.2, 0.25) is 5.88 Å². The van der Waals surface area contributed by atoms with Crippen molar-refractivity contribution in [2.24, 2.45) is 0 Å². The summed E-state index contributed by atoms with van der Waals surface area (Å²) in [5, 5.41) is 19.1. The Morgan fingerprint density at radius 2 is 1.68 bits per heavy atom. The van der Waals surface area contributed by atoms with Crippen LogP contribution in [0.25, 0.3) is 5.69 Å². The molecular weight excluding hydrogens is 647 g/mol. The minimum Gasteiger partial charge on any atom is -0.497 e. The van der Waals surface area contributed by atoms with Gasteiger partial charge in [-0.25, -0.2) is 14.5 Å². The number of methoxy groups -OCH3 is 3. The monoisotopic (exact) mass is 678 g/mol. The number of aromatic nitrogens is 5. The molecule has 0 spiro atoms. The van der Waals surface area contributed by atoms with Gasteiger partial charge in [0.25, 0.3) is 5.56 Å². The quantitative estimate of drug-likeness (QED) is 0.156. The lowest BCUT2D eigenvalue weighted by Gasteiger charge is -2.24. The normalized spacial score (nSPS) is 11.7. The first-order valence-electron chi connectivity index (χ1n) is 14.4. The van der Waals surface area contributed by atoms with Gasteiger partial charge in [-0.2, -0.15) is 10.1 Å². The smallest absolute Gasteiger partial charge is 0.356 e. The number of nitrogens with zero attached hydrogens (tertiary/aromatic N) is 5. The van der Waals surface area contributed by atoms with Gasteiger partial charge in [-0.05, 0) is 47.4 Å². The second-order valence-electron chi connectivity index (χ2n) is 10.8. The SMILES string of the molecule is COc1ccc(Cn2cc(Cl)cc(NC(c3ccc(Cl)cc3)c3c(C(=O)O)nn(-c4cnc(OC)nc4OC)c3C(C)C)c2=O)cc1. The van der Waals surface area contributed by atoms with Crippen molar-refractivity contribution in [2.75, 3.05) is 26.6 Å². The van der Waals surface area contributed by atoms with Gasteiger partial charge < -0.3 is 29.2 Å². The minimum atomic E-state index is -1.28. The highest BCUT2D eigenvalue weighted by atomic mass is 35.5. The number of carboxylic acid groups (broad SMARTS) is 1. The standard InChI is InChI=1S/C33H32Cl2N6O6/c1-18(2)29-26(28(32(43)44)39-41(29)25-15-36-33(47-5)38-30(25)46-4)27(20-8-10-21(34)11-9-20)37-24-14-22(35)17-40(31(24)42)16-19-6-12-23(45-3)13-7-19/h6-15,17-18,27,37H,16H2,1-5H3,(H,43,44). The van der Waals surface area contributed by atoms with Crippen molar-refractivity contribution in [3.63, 3.8) is 0 Å². The first-order valence-corrected chi connectivity index (χ1v) is 15.2. The highest BCUT2D eigenvalue weighted by Crippen LogP contribution is 2.38. The number of pyridine rings is 1. The van der Waals surface area contributed by atoms with Crippen LogP contribution in [0.15, 0.2) is 71.8 Å². The third-order valence-electron chi connectivity index (χ3n) is 7.38. The molecule has 5 aromatic rings. The van der Waals surface area contributed by atoms with E-state index in [1.165, 1.54) is 35.7 Å². The largest absolute Gasteiger partial charge is 0.497 e. The summed E-state index contributed by atoms with van der Waals surface area (Å²) in [5.41, 5.74) is 2.13. The van der Waals surface area contributed by atoms with Gasteiger partial charge in [0.05, 0.1) is 50.8 Å². The van der Waals surface area contributed by atoms with Crippen molar-refractivity contribution in [3.05, 3.63) is 115 Å². The van der Waals surface area contributed by atoms with Crippen molar-refractivity contribution < 1.29 is 24.1 Å². The average Bonchev–Trinajstić information content (AvgIpc) is 3.47. The Hall–Kier alpha value is -5.07. The number of carbonyl (C=O) groups is 1. The van der Waals surface area contributed by atoms with Gasteiger partial charge in [0, 0.05) is 16.8 Å². The second-order valence-corrected chi connectivity index (χ2v) is 11.6. The first kappa shape index (κ1) is 33.3. The summed E-state index contributed by atoms with van der Waals surface area (Å²) >= 11 is 12.8. The molecule has 0 fully saturated rings. The number of nitrogens with one attached hydrogen (secondary N) is 1. The molecule has 0 aliphatic carbocycles. The van der Waals surface area contributed by atoms with E-state index in [2.05, 4.69) is 20.4 Å². The van der Waals surface area contributed by atoms with Crippen LogP contribution >= 0.6 is 23.2 Å². The molecule has 244 valence electrons. The predicted molar refractivity (Wildman–Crippen MR) is 178 cm³/mol. The summed E-state index contributed by atoms with van der Waals surface area (Å²) < 4.78 is 18.8. The number of rotatable bonds is 12. The average molecular weight is 680 g/mol. The number of ether oxygens (including phenoxy) is 3. The predicted octanol–water partition coefficient (Wildman–Crippen LogP) is 6.23. The van der Waals surface area contributed by atoms with Crippen LogP contribution < -0.4 is 25.1 Å². The second kappa shape index (κ2) is 14.1. The molecule has 3 aromatic heterocycles. The molecular formula is C33H32Cl2N6O6. The van der Waals surface area contributed by atoms with Crippen molar-refractivity contribution in [1.82, 2.24) is 24.3 Å². The van der Waals surface area contributed by atoms with Gasteiger partial charge >= 0.3 is 12.0 Å². The van der Waals surface area contributed by atoms with E-state index in [9.17, 15) is 14.7 Å². The molecule has 0 aliphatic heterocycles. The Morgan fingerprint density at radius 1 is 0.979 bits per heavy atom. The lowest BCUT2D eigenvalue weighted by molar-refractivity contribution is 0.0688. The zero-order valence-corrected chi connectivity index (χ0v) is 27.7. The summed E-state index contributed by atoms with van der Waals surface area (Å²) in [6.07, 6.45) is 2.99. The molecule has 14 heteroatoms. The van der Waals surface area contributed by atoms with E-state index >= 15 is 0 Å². The molecule has 47 heavy (non-hydrogen) atoms. The van der Waals surface area contributed by atoms with Gasteiger partial charge in [0.15, 0.2) is 5.69 Å². The molecule has 0 saturated carbocycles. The van der Waals surface area contributed by atoms with Crippen LogP contribution in [-0.4, -0.2) is 56.7 Å². The molecule has 0 bridgehead atoms. The summed E-state index contributed by atoms with van der Waals surface area (Å²) in [4.78, 5) is 35.3. The molecule has 1 atom stereocenters. The number of carboxylic acids is 1. The van der Waals surface area contributed by atoms with Crippen LogP contribution in [0.3, 0.4) is 0 Å². The third kappa shape index (κ3) is 7.03. The van der Waals surface area contributed by atoms with Gasteiger partial charge in [-0.1, -0.05) is 61.3 Å². The minimum absolute atomic E-state index is 0.0649. The van der Waals surface area contributed by atoms with Crippen LogP contribution in [0, 0.1) is 0 Å². The lowest BCUT2D eigenvalue weighted by Crippen LogP contribution is -2.27. The van der Waals surface area contributed by atoms with Crippen LogP contribution in [0.4, 0.5) is 5.69 Å². The lowest BCUT2D eigenvalue weighted by atomic mass is 9.92. The van der Waals surface area contributed by atoms with Gasteiger partial charge in [-0.3, -0.25) is 4.79 Å². The maximum Gasteiger partial charge on any atom is 0.356 e. The summed E-state index contributed by atoms with van der Waals surface area (Å²) in [6.45, 7) is 4.04. The van der Waals surface area contributed by atoms with Gasteiger partial charge in [0.1, 0.15) is 17.1 Å². The number of halogens is 2. The maximum absolute atomic E-state index is 13.9. The third-order valence-corrected chi connectivity index (χ3v) is 7.84. The van der Waals surface area contributed by atoms with Crippen LogP contribution in [0.5, 0.6) is 17.6 Å². The Bertz CT molecular complexity index is 1960. The molecule has 0 amide bonds. The Kier molecular flexibility index (Phi) is 10.0. The van der Waals surface area contributed by atoms with E-state index in [4.69, 9.17) is 37.4 Å². The molecule has 0 saturated heterocycles. The van der Waals surface area contributed by atoms with E-state index in [-0.39, 0.29) is 41.3 Å². The fourth-order valence-electron chi connectivity index (χ4n) is 5.24. The number of hydrogen-bond donors (Lipinski definition) is 2. The van der Waals surface area contributed by atoms with E-state index in [1.54, 1.807) is 37.6 Å². The van der Waals surface area contributed by atoms with Crippen LogP contribution in [0.2, 0.25) is 10.0 Å². The number of hydrogen-bond acceptors (Lipinski definition) is 9. The number of benzene rings is 2. The van der Waals surface area contributed by atoms with Crippen molar-refractivity contribution in [2.45, 2.75) is 32.4 Å². The fraction of sp³-hybridized carbons (Fsp3) is 0.242. The Morgan fingerprint density at radius 3 is 2.28 bits per heavy atom. The van der Waals surface area contributed by atoms with E-state index in [1.807, 2.05) is 38.1 Å². The summed E-state index contributed by atoms with van der Waals surface area (Å²) in [5.74, 6) is -0.746. The molecule has 2 N–H and O–H groups in total. The molecule has 0 radical (unpaired) electrons. The zero-order chi connectivity index (χ0) is 33.8. The van der Waals surface area contributed by atoms with Crippen molar-refractivity contribution in [3.8, 4) is 23.3 Å². The van der Waals surface area contributed by atoms with E-state index < -0.39 is 12.0 Å². The zero-order valence-electron chi connectivity index (χ0n) is 26.2. The number of anilines is 1. The van der Waals surface area contributed by atoms with Crippen LogP contribution in [0.1, 0.15) is 58.7 Å². The fourth-order valence-corrected chi connectivity index (χ4v) is 5.60. The topological polar surface area (TPSA) is 143 Å². The first-order chi connectivity index (χ1) is 22.5. The molecule has 5 rings (SSSR count). The van der Waals surface area contributed by atoms with Crippen molar-refractivity contribution in [1.29, 1.82) is 0 Å². The van der Waals surface area contributed by atoms with Gasteiger partial charge in [-0.15, -0.1) is 0 Å². The molecule has 1 unspecified atom stereocenters. The molecule has 3 heterocycles. The highest BCUT2D eigenvalue weighted by Gasteiger charge is 2.33. The summed E-state index contributed by atoms with van der Waals surface area (Å²) in [7, 11) is 4.43. The van der Waals surface area contributed by atoms with Crippen molar-refractivity contribution >= 4 is 34.9 Å². The maximum atomic E-state index is 13.9. The Labute approximate surface area is 280 Å². The van der Waals surface area contributed by atoms with Crippen LogP contribution in [-0.2, 0) is 6.54 Å². The molecule has 0 aliphatic rings. The molecule has 12 nitrogen and oxygen atoms in total. The highest BCUT2D eigenvalue weighted by molar-refractivity contribution is 6.31. The van der Waals surface area contributed by atoms with E-state index in [0.717, 1.165) is 5.56 Å². The van der Waals surface area contributed by atoms with E-state index in [0.29, 0.717) is 38.3 Å².